The molecule has 0 saturated carbocycles. The molecule has 3 fully saturated rings. The van der Waals surface area contributed by atoms with Gasteiger partial charge in [0, 0.05) is 83.3 Å². The van der Waals surface area contributed by atoms with E-state index in [9.17, 15) is 44.4 Å². The van der Waals surface area contributed by atoms with Gasteiger partial charge in [-0.15, -0.1) is 0 Å². The minimum absolute atomic E-state index is 0.00502. The molecule has 22 heteroatoms. The Morgan fingerprint density at radius 3 is 2.14 bits per heavy atom. The summed E-state index contributed by atoms with van der Waals surface area (Å²) in [6, 6.07) is 5.04. The summed E-state index contributed by atoms with van der Waals surface area (Å²) in [5.41, 5.74) is -4.04. The van der Waals surface area contributed by atoms with Crippen molar-refractivity contribution in [2.24, 2.45) is 23.7 Å². The molecule has 0 spiro atoms. The topological polar surface area (TPSA) is 273 Å². The van der Waals surface area contributed by atoms with Gasteiger partial charge in [0.05, 0.1) is 54.2 Å². The van der Waals surface area contributed by atoms with Gasteiger partial charge in [-0.3, -0.25) is 19.1 Å². The number of aromatic nitrogens is 1. The highest BCUT2D eigenvalue weighted by Crippen LogP contribution is 2.42. The number of carbonyl (C=O) groups is 4. The number of esters is 1. The first-order valence-electron chi connectivity index (χ1n) is 27.3. The van der Waals surface area contributed by atoms with Crippen LogP contribution in [0.4, 0.5) is 4.79 Å². The number of aryl methyl sites for hydroxylation is 1. The number of ether oxygens (including phenoxy) is 9. The zero-order valence-electron chi connectivity index (χ0n) is 48.7. The molecule has 5 rings (SSSR count). The lowest BCUT2D eigenvalue weighted by Crippen LogP contribution is -2.62. The predicted octanol–water partition coefficient (Wildman–Crippen LogP) is 4.03. The van der Waals surface area contributed by atoms with Gasteiger partial charge in [-0.25, -0.2) is 9.59 Å². The first-order valence-corrected chi connectivity index (χ1v) is 27.3. The van der Waals surface area contributed by atoms with E-state index in [1.807, 2.05) is 38.9 Å². The molecule has 0 unspecified atom stereocenters. The minimum atomic E-state index is -2.04. The lowest BCUT2D eigenvalue weighted by molar-refractivity contribution is -0.319. The minimum Gasteiger partial charge on any atom is -0.477 e. The monoisotopic (exact) mass is 1110 g/mol. The molecule has 3 saturated heterocycles. The predicted molar refractivity (Wildman–Crippen MR) is 288 cm³/mol. The number of nitrogens with one attached hydrogen (secondary N) is 1. The molecular weight excluding hydrogens is 1020 g/mol. The second-order valence-electron chi connectivity index (χ2n) is 22.9. The van der Waals surface area contributed by atoms with E-state index < -0.39 is 119 Å². The molecule has 3 aliphatic rings. The zero-order chi connectivity index (χ0) is 58.4. The Morgan fingerprint density at radius 2 is 1.54 bits per heavy atom. The molecule has 0 radical (unpaired) electrons. The highest BCUT2D eigenvalue weighted by Gasteiger charge is 2.55. The number of carboxylic acids is 1. The number of hydrogen-bond donors (Lipinski definition) is 5. The van der Waals surface area contributed by atoms with Crippen LogP contribution in [0.25, 0.3) is 10.9 Å². The molecule has 78 heavy (non-hydrogen) atoms. The van der Waals surface area contributed by atoms with E-state index >= 15 is 0 Å². The van der Waals surface area contributed by atoms with E-state index in [4.69, 9.17) is 42.6 Å². The summed E-state index contributed by atoms with van der Waals surface area (Å²) in [7, 11) is 10.2. The van der Waals surface area contributed by atoms with Crippen molar-refractivity contribution in [1.82, 2.24) is 14.9 Å². The van der Waals surface area contributed by atoms with E-state index in [1.54, 1.807) is 77.5 Å². The normalized spacial score (nSPS) is 36.4. The van der Waals surface area contributed by atoms with Gasteiger partial charge < -0.3 is 78.3 Å². The Balaban J connectivity index is 1.32. The van der Waals surface area contributed by atoms with Crippen LogP contribution in [0.2, 0.25) is 0 Å². The van der Waals surface area contributed by atoms with Crippen LogP contribution >= 0.6 is 0 Å². The molecule has 1 amide bonds. The Hall–Kier alpha value is -4.33. The molecule has 442 valence electrons. The standard InChI is InChI=1S/C56H90N4O18/c1-17-41-56(10,69)47(64)32(4)43(61)30(2)27-54(8,70-15)48(77-52-45(63)40(58(11)12)25-31(3)73-52)33(5)46(34(6)51(67)75-41)76-42-28-55(9,71-16)49(35(7)74-42)78-53(68)57-22-24-72-23-18-19-36-20-21-39-37(26-36)44(62)38(50(65)66)29-60(39)59(13)14/h20-21,26,29-35,40-42,45-49,52,63-64,69H,17-19,22-25,27-28H2,1-16H3,(H,57,68)(H,65,66)/t30-,31-,32+,33+,34-,35+,40+,41-,42+,45-,46+,47-,48-,49+,52+,54-,55-,56-/m1/s1. The third-order valence-electron chi connectivity index (χ3n) is 16.4. The number of benzene rings is 1. The first kappa shape index (κ1) is 64.5. The van der Waals surface area contributed by atoms with Crippen molar-refractivity contribution in [2.75, 3.05) is 67.2 Å². The molecule has 0 aliphatic carbocycles. The van der Waals surface area contributed by atoms with Gasteiger partial charge in [-0.05, 0) is 105 Å². The molecule has 18 atom stereocenters. The van der Waals surface area contributed by atoms with Gasteiger partial charge in [0.1, 0.15) is 34.8 Å². The van der Waals surface area contributed by atoms with Gasteiger partial charge in [-0.1, -0.05) is 33.8 Å². The Bertz CT molecular complexity index is 2420. The number of pyridine rings is 1. The van der Waals surface area contributed by atoms with Crippen LogP contribution in [0.15, 0.2) is 29.2 Å². The lowest BCUT2D eigenvalue weighted by atomic mass is 9.74. The largest absolute Gasteiger partial charge is 0.477 e. The number of aromatic carboxylic acids is 1. The van der Waals surface area contributed by atoms with Crippen LogP contribution in [-0.4, -0.2) is 200 Å². The zero-order valence-corrected chi connectivity index (χ0v) is 48.7. The number of alkyl carbamates (subject to hydrolysis) is 1. The Morgan fingerprint density at radius 1 is 0.885 bits per heavy atom. The number of aliphatic hydroxyl groups is 3. The second kappa shape index (κ2) is 27.0. The smallest absolute Gasteiger partial charge is 0.407 e. The Kier molecular flexibility index (Phi) is 22.3. The van der Waals surface area contributed by atoms with Crippen LogP contribution in [0.3, 0.4) is 0 Å². The van der Waals surface area contributed by atoms with Crippen LogP contribution in [0, 0.1) is 23.7 Å². The van der Waals surface area contributed by atoms with Crippen molar-refractivity contribution >= 4 is 34.7 Å². The summed E-state index contributed by atoms with van der Waals surface area (Å²) in [4.78, 5) is 68.9. The first-order chi connectivity index (χ1) is 36.5. The van der Waals surface area contributed by atoms with Gasteiger partial charge in [-0.2, -0.15) is 0 Å². The maximum atomic E-state index is 14.6. The van der Waals surface area contributed by atoms with Crippen LogP contribution in [0.5, 0.6) is 0 Å². The number of ketones is 1. The van der Waals surface area contributed by atoms with E-state index in [-0.39, 0.29) is 55.9 Å². The summed E-state index contributed by atoms with van der Waals surface area (Å²) in [5, 5.41) is 49.6. The Labute approximate surface area is 459 Å². The molecule has 5 N–H and O–H groups in total. The maximum absolute atomic E-state index is 14.6. The number of rotatable bonds is 18. The number of amides is 1. The average molecular weight is 1110 g/mol. The van der Waals surface area contributed by atoms with E-state index in [2.05, 4.69) is 5.32 Å². The summed E-state index contributed by atoms with van der Waals surface area (Å²) in [6.07, 6.45) is -8.14. The van der Waals surface area contributed by atoms with E-state index in [0.717, 1.165) is 5.56 Å². The lowest BCUT2D eigenvalue weighted by Gasteiger charge is -2.50. The van der Waals surface area contributed by atoms with Gasteiger partial charge in [0.25, 0.3) is 0 Å². The number of nitrogens with zero attached hydrogens (tertiary/aromatic N) is 3. The SMILES string of the molecule is CC[C@H]1OC(=O)[C@H](C)[C@@H](O[C@H]2C[C@@](C)(OC)[C@@H](OC(=O)NCCOCCCc3ccc4c(c3)c(=O)c(C(=O)O)cn4N(C)C)[C@H](C)O2)[C@H](C)[C@@H](O[C@@H]2O[C@H](C)C[C@H](N(C)C)[C@H]2O)[C@](C)(OC)C[C@@H](C)C(=O)[C@H](C)[C@@H](O)[C@]1(C)O. The number of methoxy groups -OCH3 is 2. The summed E-state index contributed by atoms with van der Waals surface area (Å²) in [6.45, 7) is 17.5. The fraction of sp³-hybridized carbons (Fsp3) is 0.768. The number of cyclic esters (lactones) is 1. The van der Waals surface area contributed by atoms with Crippen LogP contribution < -0.4 is 15.8 Å². The van der Waals surface area contributed by atoms with Crippen molar-refractivity contribution < 1.29 is 82.2 Å². The second-order valence-corrected chi connectivity index (χ2v) is 22.9. The fourth-order valence-electron chi connectivity index (χ4n) is 11.7. The molecule has 0 bridgehead atoms. The quantitative estimate of drug-likeness (QED) is 0.104. The maximum Gasteiger partial charge on any atom is 0.407 e. The molecule has 3 aliphatic heterocycles. The number of aliphatic hydroxyl groups excluding tert-OH is 2. The third-order valence-corrected chi connectivity index (χ3v) is 16.4. The van der Waals surface area contributed by atoms with Gasteiger partial charge in [0.2, 0.25) is 5.43 Å². The summed E-state index contributed by atoms with van der Waals surface area (Å²) in [5.74, 6) is -6.19. The number of carboxylic acid groups (broad SMARTS) is 1. The third kappa shape index (κ3) is 14.6. The van der Waals surface area contributed by atoms with E-state index in [0.29, 0.717) is 36.8 Å². The average Bonchev–Trinajstić information content (AvgIpc) is 3.44. The van der Waals surface area contributed by atoms with Crippen LogP contribution in [-0.2, 0) is 58.6 Å². The highest BCUT2D eigenvalue weighted by molar-refractivity contribution is 5.93. The number of likely N-dealkylation sites (N-methyl/N-ethyl adjacent to an activating group) is 1. The molecule has 1 aromatic heterocycles. The van der Waals surface area contributed by atoms with Crippen molar-refractivity contribution in [3.8, 4) is 0 Å². The van der Waals surface area contributed by atoms with Crippen molar-refractivity contribution in [1.29, 1.82) is 0 Å². The molecular formula is C56H90N4O18. The molecule has 1 aromatic carbocycles. The number of carbonyl (C=O) groups excluding carboxylic acids is 3. The number of Topliss-reactive ketones (excluding diaryl/α,β-unsaturated/α-hetero) is 1. The van der Waals surface area contributed by atoms with Crippen molar-refractivity contribution in [3.05, 3.63) is 45.7 Å². The number of fused-ring (bicyclic) bond motifs is 1. The fourth-order valence-corrected chi connectivity index (χ4v) is 11.7. The van der Waals surface area contributed by atoms with E-state index in [1.165, 1.54) is 34.3 Å². The summed E-state index contributed by atoms with van der Waals surface area (Å²) < 4.78 is 58.5. The number of hydrogen-bond acceptors (Lipinski definition) is 19. The molecule has 22 nitrogen and oxygen atoms in total. The molecule has 2 aromatic rings. The summed E-state index contributed by atoms with van der Waals surface area (Å²) >= 11 is 0. The van der Waals surface area contributed by atoms with Gasteiger partial charge in [0.15, 0.2) is 18.7 Å². The molecule has 4 heterocycles. The van der Waals surface area contributed by atoms with Crippen molar-refractivity contribution in [3.63, 3.8) is 0 Å². The van der Waals surface area contributed by atoms with Crippen molar-refractivity contribution in [2.45, 2.75) is 192 Å². The van der Waals surface area contributed by atoms with Gasteiger partial charge >= 0.3 is 18.0 Å². The van der Waals surface area contributed by atoms with Crippen LogP contribution in [0.1, 0.15) is 117 Å². The highest BCUT2D eigenvalue weighted by atomic mass is 16.7.